The Balaban J connectivity index is 1.67. The van der Waals surface area contributed by atoms with Crippen LogP contribution < -0.4 is 10.7 Å². The molecule has 2 N–H and O–H groups in total. The zero-order valence-electron chi connectivity index (χ0n) is 13.5. The third-order valence-electron chi connectivity index (χ3n) is 3.48. The number of hydrogen-bond donors (Lipinski definition) is 2. The summed E-state index contributed by atoms with van der Waals surface area (Å²) in [5.74, 6) is -1.92. The van der Waals surface area contributed by atoms with Gasteiger partial charge in [0.05, 0.1) is 27.5 Å². The largest absolute Gasteiger partial charge is 0.329 e. The molecule has 0 saturated heterocycles. The Morgan fingerprint density at radius 3 is 2.59 bits per heavy atom. The number of carbonyl (C=O) groups is 2. The number of hydrogen-bond acceptors (Lipinski definition) is 4. The molecule has 2 amide bonds. The molecule has 0 spiro atoms. The van der Waals surface area contributed by atoms with Crippen LogP contribution >= 0.6 is 34.8 Å². The van der Waals surface area contributed by atoms with Crippen LogP contribution in [-0.4, -0.2) is 23.0 Å². The number of anilines is 1. The van der Waals surface area contributed by atoms with Gasteiger partial charge in [-0.05, 0) is 24.3 Å². The van der Waals surface area contributed by atoms with Crippen molar-refractivity contribution in [3.63, 3.8) is 0 Å². The maximum atomic E-state index is 11.9. The SMILES string of the molecule is O=C(N/N=C\c1cc2ccccc2nc1Cl)C(=O)Nc1cccc(Cl)c1Cl. The maximum Gasteiger partial charge on any atom is 0.329 e. The smallest absolute Gasteiger partial charge is 0.316 e. The van der Waals surface area contributed by atoms with E-state index in [1.165, 1.54) is 12.3 Å². The van der Waals surface area contributed by atoms with Crippen LogP contribution in [0.4, 0.5) is 5.69 Å². The molecule has 2 aromatic carbocycles. The van der Waals surface area contributed by atoms with E-state index in [0.29, 0.717) is 5.56 Å². The van der Waals surface area contributed by atoms with Crippen LogP contribution in [0.5, 0.6) is 0 Å². The summed E-state index contributed by atoms with van der Waals surface area (Å²) in [5, 5.41) is 7.58. The first kappa shape index (κ1) is 19.1. The van der Waals surface area contributed by atoms with Gasteiger partial charge in [-0.15, -0.1) is 0 Å². The van der Waals surface area contributed by atoms with Gasteiger partial charge in [0, 0.05) is 10.9 Å². The molecule has 27 heavy (non-hydrogen) atoms. The van der Waals surface area contributed by atoms with Crippen molar-refractivity contribution in [2.45, 2.75) is 0 Å². The number of fused-ring (bicyclic) bond motifs is 1. The summed E-state index contributed by atoms with van der Waals surface area (Å²) in [4.78, 5) is 28.0. The molecule has 0 radical (unpaired) electrons. The van der Waals surface area contributed by atoms with E-state index in [1.807, 2.05) is 24.3 Å². The van der Waals surface area contributed by atoms with Gasteiger partial charge in [-0.3, -0.25) is 9.59 Å². The fourth-order valence-electron chi connectivity index (χ4n) is 2.19. The van der Waals surface area contributed by atoms with Gasteiger partial charge in [0.1, 0.15) is 5.15 Å². The molecule has 0 saturated carbocycles. The number of aromatic nitrogens is 1. The van der Waals surface area contributed by atoms with E-state index in [0.717, 1.165) is 10.9 Å². The summed E-state index contributed by atoms with van der Waals surface area (Å²) in [7, 11) is 0. The van der Waals surface area contributed by atoms with Crippen LogP contribution in [0.2, 0.25) is 15.2 Å². The van der Waals surface area contributed by atoms with Crippen LogP contribution in [0.25, 0.3) is 10.9 Å². The van der Waals surface area contributed by atoms with Crippen LogP contribution in [-0.2, 0) is 9.59 Å². The number of amides is 2. The number of rotatable bonds is 3. The van der Waals surface area contributed by atoms with Gasteiger partial charge in [-0.25, -0.2) is 10.4 Å². The fraction of sp³-hybridized carbons (Fsp3) is 0. The van der Waals surface area contributed by atoms with Gasteiger partial charge in [0.2, 0.25) is 0 Å². The van der Waals surface area contributed by atoms with Gasteiger partial charge in [-0.2, -0.15) is 5.10 Å². The second-order valence-corrected chi connectivity index (χ2v) is 6.46. The summed E-state index contributed by atoms with van der Waals surface area (Å²) < 4.78 is 0. The molecule has 0 aliphatic heterocycles. The molecule has 0 fully saturated rings. The Morgan fingerprint density at radius 2 is 1.78 bits per heavy atom. The number of nitrogens with zero attached hydrogens (tertiary/aromatic N) is 2. The topological polar surface area (TPSA) is 83.5 Å². The summed E-state index contributed by atoms with van der Waals surface area (Å²) in [6.45, 7) is 0. The molecule has 0 bridgehead atoms. The normalized spacial score (nSPS) is 10.9. The van der Waals surface area contributed by atoms with Crippen LogP contribution in [0.1, 0.15) is 5.56 Å². The molecule has 1 heterocycles. The standard InChI is InChI=1S/C18H11Cl3N4O2/c19-12-5-3-7-14(15(12)20)24-17(26)18(27)25-22-9-11-8-10-4-1-2-6-13(10)23-16(11)21/h1-9H,(H,24,26)(H,25,27)/b22-9-. The van der Waals surface area contributed by atoms with Crippen LogP contribution in [0.3, 0.4) is 0 Å². The van der Waals surface area contributed by atoms with E-state index < -0.39 is 11.8 Å². The van der Waals surface area contributed by atoms with Gasteiger partial charge in [0.15, 0.2) is 0 Å². The third-order valence-corrected chi connectivity index (χ3v) is 4.60. The second kappa shape index (κ2) is 8.35. The molecule has 0 aliphatic rings. The molecule has 1 aromatic heterocycles. The predicted octanol–water partition coefficient (Wildman–Crippen LogP) is 4.28. The Hall–Kier alpha value is -2.67. The van der Waals surface area contributed by atoms with E-state index >= 15 is 0 Å². The molecule has 0 atom stereocenters. The number of pyridine rings is 1. The van der Waals surface area contributed by atoms with Crippen molar-refractivity contribution in [2.24, 2.45) is 5.10 Å². The van der Waals surface area contributed by atoms with Crippen molar-refractivity contribution in [2.75, 3.05) is 5.32 Å². The zero-order chi connectivity index (χ0) is 19.4. The van der Waals surface area contributed by atoms with Crippen molar-refractivity contribution >= 4 is 69.4 Å². The highest BCUT2D eigenvalue weighted by molar-refractivity contribution is 6.45. The lowest BCUT2D eigenvalue weighted by molar-refractivity contribution is -0.136. The Morgan fingerprint density at radius 1 is 1.00 bits per heavy atom. The summed E-state index contributed by atoms with van der Waals surface area (Å²) in [5.41, 5.74) is 3.57. The molecule has 3 aromatic rings. The fourth-order valence-corrected chi connectivity index (χ4v) is 2.73. The lowest BCUT2D eigenvalue weighted by Crippen LogP contribution is -2.32. The monoisotopic (exact) mass is 420 g/mol. The molecule has 3 rings (SSSR count). The van der Waals surface area contributed by atoms with Crippen molar-refractivity contribution in [1.82, 2.24) is 10.4 Å². The number of halogens is 3. The average molecular weight is 422 g/mol. The summed E-state index contributed by atoms with van der Waals surface area (Å²) >= 11 is 17.9. The maximum absolute atomic E-state index is 11.9. The minimum Gasteiger partial charge on any atom is -0.316 e. The number of hydrazone groups is 1. The van der Waals surface area contributed by atoms with E-state index in [1.54, 1.807) is 18.2 Å². The van der Waals surface area contributed by atoms with Gasteiger partial charge in [0.25, 0.3) is 0 Å². The highest BCUT2D eigenvalue weighted by atomic mass is 35.5. The zero-order valence-corrected chi connectivity index (χ0v) is 15.8. The van der Waals surface area contributed by atoms with E-state index in [4.69, 9.17) is 34.8 Å². The third kappa shape index (κ3) is 4.54. The lowest BCUT2D eigenvalue weighted by atomic mass is 10.2. The highest BCUT2D eigenvalue weighted by Crippen LogP contribution is 2.29. The Kier molecular flexibility index (Phi) is 5.91. The Labute approximate surface area is 169 Å². The van der Waals surface area contributed by atoms with Crippen LogP contribution in [0.15, 0.2) is 53.6 Å². The Bertz CT molecular complexity index is 1070. The summed E-state index contributed by atoms with van der Waals surface area (Å²) in [6.07, 6.45) is 1.30. The quantitative estimate of drug-likeness (QED) is 0.286. The highest BCUT2D eigenvalue weighted by Gasteiger charge is 2.15. The van der Waals surface area contributed by atoms with Gasteiger partial charge >= 0.3 is 11.8 Å². The summed E-state index contributed by atoms with van der Waals surface area (Å²) in [6, 6.07) is 13.9. The second-order valence-electron chi connectivity index (χ2n) is 5.32. The first-order valence-corrected chi connectivity index (χ1v) is 8.73. The molecular formula is C18H11Cl3N4O2. The predicted molar refractivity (Wildman–Crippen MR) is 108 cm³/mol. The molecule has 0 unspecified atom stereocenters. The number of benzene rings is 2. The molecule has 9 heteroatoms. The van der Waals surface area contributed by atoms with Crippen molar-refractivity contribution in [3.8, 4) is 0 Å². The first-order chi connectivity index (χ1) is 13.0. The minimum atomic E-state index is -0.979. The van der Waals surface area contributed by atoms with E-state index in [9.17, 15) is 9.59 Å². The molecule has 136 valence electrons. The minimum absolute atomic E-state index is 0.137. The van der Waals surface area contributed by atoms with Crippen LogP contribution in [0, 0.1) is 0 Å². The van der Waals surface area contributed by atoms with E-state index in [-0.39, 0.29) is 20.9 Å². The van der Waals surface area contributed by atoms with Crippen molar-refractivity contribution in [1.29, 1.82) is 0 Å². The molecular weight excluding hydrogens is 411 g/mol. The lowest BCUT2D eigenvalue weighted by Gasteiger charge is -2.07. The first-order valence-electron chi connectivity index (χ1n) is 7.59. The van der Waals surface area contributed by atoms with Crippen molar-refractivity contribution in [3.05, 3.63) is 69.3 Å². The number of nitrogens with one attached hydrogen (secondary N) is 2. The number of para-hydroxylation sites is 1. The van der Waals surface area contributed by atoms with Gasteiger partial charge in [-0.1, -0.05) is 59.1 Å². The number of carbonyl (C=O) groups excluding carboxylic acids is 2. The molecule has 6 nitrogen and oxygen atoms in total. The molecule has 0 aliphatic carbocycles. The van der Waals surface area contributed by atoms with E-state index in [2.05, 4.69) is 20.8 Å². The average Bonchev–Trinajstić information content (AvgIpc) is 2.65. The van der Waals surface area contributed by atoms with Crippen molar-refractivity contribution < 1.29 is 9.59 Å². The van der Waals surface area contributed by atoms with Gasteiger partial charge < -0.3 is 5.32 Å².